The number of carbonyl (C=O) groups excluding carboxylic acids is 1. The van der Waals surface area contributed by atoms with Crippen molar-refractivity contribution in [3.63, 3.8) is 0 Å². The zero-order valence-electron chi connectivity index (χ0n) is 10.8. The first-order chi connectivity index (χ1) is 9.63. The first-order valence-electron chi connectivity index (χ1n) is 5.97. The number of amides is 1. The second-order valence-corrected chi connectivity index (χ2v) is 4.95. The zero-order valence-corrected chi connectivity index (χ0v) is 12.4. The maximum absolute atomic E-state index is 13.8. The molecule has 0 atom stereocenters. The van der Waals surface area contributed by atoms with Crippen molar-refractivity contribution in [1.29, 1.82) is 0 Å². The Hall–Kier alpha value is -1.88. The van der Waals surface area contributed by atoms with Gasteiger partial charge in [0.2, 0.25) is 0 Å². The van der Waals surface area contributed by atoms with Crippen LogP contribution in [0.15, 0.2) is 46.9 Å². The molecule has 0 bridgehead atoms. The van der Waals surface area contributed by atoms with E-state index in [1.165, 1.54) is 6.07 Å². The van der Waals surface area contributed by atoms with Crippen LogP contribution in [0.1, 0.15) is 15.9 Å². The van der Waals surface area contributed by atoms with E-state index < -0.39 is 11.7 Å². The highest BCUT2D eigenvalue weighted by Crippen LogP contribution is 2.19. The molecule has 0 aliphatic carbocycles. The largest absolute Gasteiger partial charge is 0.496 e. The van der Waals surface area contributed by atoms with E-state index in [2.05, 4.69) is 21.2 Å². The number of para-hydroxylation sites is 1. The van der Waals surface area contributed by atoms with Gasteiger partial charge >= 0.3 is 0 Å². The average molecular weight is 338 g/mol. The number of hydrogen-bond donors (Lipinski definition) is 1. The lowest BCUT2D eigenvalue weighted by molar-refractivity contribution is 0.0946. The van der Waals surface area contributed by atoms with Crippen LogP contribution in [-0.4, -0.2) is 13.0 Å². The third-order valence-corrected chi connectivity index (χ3v) is 3.44. The smallest absolute Gasteiger partial charge is 0.254 e. The number of hydrogen-bond acceptors (Lipinski definition) is 2. The molecule has 20 heavy (non-hydrogen) atoms. The molecule has 0 spiro atoms. The predicted octanol–water partition coefficient (Wildman–Crippen LogP) is 3.53. The van der Waals surface area contributed by atoms with Crippen LogP contribution in [0.3, 0.4) is 0 Å². The van der Waals surface area contributed by atoms with Crippen molar-refractivity contribution in [2.45, 2.75) is 6.54 Å². The number of rotatable bonds is 4. The Balaban J connectivity index is 2.11. The van der Waals surface area contributed by atoms with Crippen LogP contribution in [0.4, 0.5) is 4.39 Å². The molecule has 104 valence electrons. The van der Waals surface area contributed by atoms with Gasteiger partial charge < -0.3 is 10.1 Å². The van der Waals surface area contributed by atoms with Crippen molar-refractivity contribution in [1.82, 2.24) is 5.32 Å². The maximum Gasteiger partial charge on any atom is 0.254 e. The van der Waals surface area contributed by atoms with Crippen LogP contribution < -0.4 is 10.1 Å². The van der Waals surface area contributed by atoms with E-state index in [9.17, 15) is 9.18 Å². The summed E-state index contributed by atoms with van der Waals surface area (Å²) >= 11 is 3.06. The van der Waals surface area contributed by atoms with E-state index in [0.29, 0.717) is 5.75 Å². The summed E-state index contributed by atoms with van der Waals surface area (Å²) in [7, 11) is 1.56. The number of methoxy groups -OCH3 is 1. The monoisotopic (exact) mass is 337 g/mol. The molecule has 2 rings (SSSR count). The summed E-state index contributed by atoms with van der Waals surface area (Å²) in [6, 6.07) is 12.0. The molecule has 0 aliphatic heterocycles. The van der Waals surface area contributed by atoms with Gasteiger partial charge in [-0.2, -0.15) is 0 Å². The van der Waals surface area contributed by atoms with Gasteiger partial charge in [0.05, 0.1) is 17.1 Å². The molecule has 1 N–H and O–H groups in total. The molecule has 1 amide bonds. The number of carbonyl (C=O) groups is 1. The first-order valence-corrected chi connectivity index (χ1v) is 6.77. The van der Waals surface area contributed by atoms with Crippen molar-refractivity contribution in [3.05, 3.63) is 63.9 Å². The third kappa shape index (κ3) is 3.17. The van der Waals surface area contributed by atoms with Crippen molar-refractivity contribution in [2.24, 2.45) is 0 Å². The second kappa shape index (κ2) is 6.52. The molecule has 2 aromatic rings. The molecular formula is C15H13BrFNO2. The van der Waals surface area contributed by atoms with E-state index in [1.807, 2.05) is 18.2 Å². The quantitative estimate of drug-likeness (QED) is 0.926. The minimum absolute atomic E-state index is 0.00859. The SMILES string of the molecule is COc1ccccc1CNC(=O)c1cccc(Br)c1F. The van der Waals surface area contributed by atoms with Crippen LogP contribution in [0, 0.1) is 5.82 Å². The van der Waals surface area contributed by atoms with Crippen LogP contribution in [0.5, 0.6) is 5.75 Å². The summed E-state index contributed by atoms with van der Waals surface area (Å²) in [5.41, 5.74) is 0.841. The standard InChI is InChI=1S/C15H13BrFNO2/c1-20-13-8-3-2-5-10(13)9-18-15(19)11-6-4-7-12(16)14(11)17/h2-8H,9H2,1H3,(H,18,19). The van der Waals surface area contributed by atoms with Crippen molar-refractivity contribution < 1.29 is 13.9 Å². The van der Waals surface area contributed by atoms with E-state index in [0.717, 1.165) is 5.56 Å². The lowest BCUT2D eigenvalue weighted by Crippen LogP contribution is -2.24. The molecule has 0 aliphatic rings. The Bertz CT molecular complexity index is 631. The molecule has 5 heteroatoms. The molecule has 0 saturated heterocycles. The summed E-state index contributed by atoms with van der Waals surface area (Å²) in [5, 5.41) is 2.68. The van der Waals surface area contributed by atoms with E-state index in [1.54, 1.807) is 25.3 Å². The fraction of sp³-hybridized carbons (Fsp3) is 0.133. The van der Waals surface area contributed by atoms with Crippen LogP contribution in [0.25, 0.3) is 0 Å². The number of halogens is 2. The van der Waals surface area contributed by atoms with Gasteiger partial charge in [-0.25, -0.2) is 4.39 Å². The van der Waals surface area contributed by atoms with Crippen LogP contribution in [-0.2, 0) is 6.54 Å². The number of benzene rings is 2. The van der Waals surface area contributed by atoms with Gasteiger partial charge in [0.15, 0.2) is 0 Å². The lowest BCUT2D eigenvalue weighted by atomic mass is 10.1. The summed E-state index contributed by atoms with van der Waals surface area (Å²) < 4.78 is 19.3. The molecule has 0 fully saturated rings. The van der Waals surface area contributed by atoms with Crippen molar-refractivity contribution in [3.8, 4) is 5.75 Å². The maximum atomic E-state index is 13.8. The Morgan fingerprint density at radius 2 is 2.00 bits per heavy atom. The number of ether oxygens (including phenoxy) is 1. The number of nitrogens with one attached hydrogen (secondary N) is 1. The molecule has 0 radical (unpaired) electrons. The highest BCUT2D eigenvalue weighted by atomic mass is 79.9. The minimum Gasteiger partial charge on any atom is -0.496 e. The van der Waals surface area contributed by atoms with Gasteiger partial charge in [0, 0.05) is 12.1 Å². The molecular weight excluding hydrogens is 325 g/mol. The predicted molar refractivity (Wildman–Crippen MR) is 78.3 cm³/mol. The molecule has 0 unspecified atom stereocenters. The van der Waals surface area contributed by atoms with Gasteiger partial charge in [-0.15, -0.1) is 0 Å². The average Bonchev–Trinajstić information content (AvgIpc) is 2.48. The second-order valence-electron chi connectivity index (χ2n) is 4.10. The van der Waals surface area contributed by atoms with Gasteiger partial charge in [0.1, 0.15) is 11.6 Å². The molecule has 0 aromatic heterocycles. The zero-order chi connectivity index (χ0) is 14.5. The summed E-state index contributed by atoms with van der Waals surface area (Å²) in [6.07, 6.45) is 0. The lowest BCUT2D eigenvalue weighted by Gasteiger charge is -2.10. The van der Waals surface area contributed by atoms with Gasteiger partial charge in [0.25, 0.3) is 5.91 Å². The van der Waals surface area contributed by atoms with E-state index in [4.69, 9.17) is 4.74 Å². The molecule has 0 saturated carbocycles. The van der Waals surface area contributed by atoms with Crippen LogP contribution >= 0.6 is 15.9 Å². The van der Waals surface area contributed by atoms with E-state index >= 15 is 0 Å². The van der Waals surface area contributed by atoms with E-state index in [-0.39, 0.29) is 16.6 Å². The highest BCUT2D eigenvalue weighted by Gasteiger charge is 2.14. The van der Waals surface area contributed by atoms with Gasteiger partial charge in [-0.05, 0) is 34.1 Å². The fourth-order valence-corrected chi connectivity index (χ4v) is 2.17. The Labute approximate surface area is 124 Å². The summed E-state index contributed by atoms with van der Waals surface area (Å²) in [5.74, 6) is -0.345. The third-order valence-electron chi connectivity index (χ3n) is 2.83. The molecule has 2 aromatic carbocycles. The minimum atomic E-state index is -0.565. The Morgan fingerprint density at radius 3 is 2.75 bits per heavy atom. The van der Waals surface area contributed by atoms with Gasteiger partial charge in [-0.3, -0.25) is 4.79 Å². The van der Waals surface area contributed by atoms with Gasteiger partial charge in [-0.1, -0.05) is 24.3 Å². The molecule has 0 heterocycles. The van der Waals surface area contributed by atoms with Crippen molar-refractivity contribution >= 4 is 21.8 Å². The van der Waals surface area contributed by atoms with Crippen LogP contribution in [0.2, 0.25) is 0 Å². The Morgan fingerprint density at radius 1 is 1.25 bits per heavy atom. The summed E-state index contributed by atoms with van der Waals surface area (Å²) in [4.78, 5) is 12.0. The fourth-order valence-electron chi connectivity index (χ4n) is 1.80. The Kier molecular flexibility index (Phi) is 4.74. The molecule has 3 nitrogen and oxygen atoms in total. The normalized spacial score (nSPS) is 10.2. The highest BCUT2D eigenvalue weighted by molar-refractivity contribution is 9.10. The van der Waals surface area contributed by atoms with Crippen molar-refractivity contribution in [2.75, 3.05) is 7.11 Å². The topological polar surface area (TPSA) is 38.3 Å². The summed E-state index contributed by atoms with van der Waals surface area (Å²) in [6.45, 7) is 0.273. The first kappa shape index (κ1) is 14.5.